The number of aliphatic imine (C=N–C) groups is 1. The van der Waals surface area contributed by atoms with Crippen LogP contribution in [-0.2, 0) is 23.1 Å². The number of benzene rings is 1. The summed E-state index contributed by atoms with van der Waals surface area (Å²) < 4.78 is 26.8. The fourth-order valence-corrected chi connectivity index (χ4v) is 4.01. The molecule has 0 atom stereocenters. The maximum atomic E-state index is 12.1. The van der Waals surface area contributed by atoms with Crippen LogP contribution in [0.1, 0.15) is 36.0 Å². The molecule has 3 N–H and O–H groups in total. The number of guanidine groups is 1. The van der Waals surface area contributed by atoms with E-state index in [9.17, 15) is 8.42 Å². The van der Waals surface area contributed by atoms with Crippen LogP contribution in [-0.4, -0.2) is 38.7 Å². The average molecular weight is 410 g/mol. The van der Waals surface area contributed by atoms with E-state index < -0.39 is 10.0 Å². The molecule has 0 unspecified atom stereocenters. The molecule has 0 amide bonds. The van der Waals surface area contributed by atoms with Gasteiger partial charge in [0.2, 0.25) is 10.0 Å². The second-order valence-electron chi connectivity index (χ2n) is 6.30. The highest BCUT2D eigenvalue weighted by atomic mass is 32.2. The molecule has 0 saturated heterocycles. The van der Waals surface area contributed by atoms with Crippen molar-refractivity contribution in [2.24, 2.45) is 4.99 Å². The van der Waals surface area contributed by atoms with Gasteiger partial charge in [0.25, 0.3) is 0 Å². The molecule has 9 heteroatoms. The predicted molar refractivity (Wildman–Crippen MR) is 111 cm³/mol. The van der Waals surface area contributed by atoms with Crippen LogP contribution in [0.5, 0.6) is 0 Å². The molecule has 1 heterocycles. The Balaban J connectivity index is 1.73. The number of aromatic nitrogens is 1. The monoisotopic (exact) mass is 409 g/mol. The molecule has 0 bridgehead atoms. The number of thiazole rings is 1. The zero-order chi connectivity index (χ0) is 19.7. The van der Waals surface area contributed by atoms with Gasteiger partial charge in [0.15, 0.2) is 5.96 Å². The van der Waals surface area contributed by atoms with Crippen molar-refractivity contribution >= 4 is 27.3 Å². The molecule has 7 nitrogen and oxygen atoms in total. The Morgan fingerprint density at radius 1 is 1.19 bits per heavy atom. The van der Waals surface area contributed by atoms with E-state index in [0.717, 1.165) is 16.3 Å². The van der Waals surface area contributed by atoms with Crippen molar-refractivity contribution in [2.45, 2.75) is 32.9 Å². The highest BCUT2D eigenvalue weighted by Gasteiger charge is 2.11. The van der Waals surface area contributed by atoms with Crippen molar-refractivity contribution in [3.05, 3.63) is 52.0 Å². The average Bonchev–Trinajstić information content (AvgIpc) is 3.13. The topological polar surface area (TPSA) is 95.5 Å². The molecule has 1 aromatic heterocycles. The lowest BCUT2D eigenvalue weighted by Crippen LogP contribution is -2.40. The molecule has 0 aliphatic heterocycles. The fourth-order valence-electron chi connectivity index (χ4n) is 2.22. The molecular weight excluding hydrogens is 382 g/mol. The van der Waals surface area contributed by atoms with Gasteiger partial charge < -0.3 is 10.6 Å². The third-order valence-corrected chi connectivity index (χ3v) is 5.99. The second kappa shape index (κ2) is 10.4. The Kier molecular flexibility index (Phi) is 8.21. The first-order valence-electron chi connectivity index (χ1n) is 8.79. The summed E-state index contributed by atoms with van der Waals surface area (Å²) in [7, 11) is -1.71. The van der Waals surface area contributed by atoms with Gasteiger partial charge >= 0.3 is 0 Å². The summed E-state index contributed by atoms with van der Waals surface area (Å²) in [6.07, 6.45) is 0. The van der Waals surface area contributed by atoms with Crippen LogP contribution in [0.3, 0.4) is 0 Å². The van der Waals surface area contributed by atoms with E-state index >= 15 is 0 Å². The summed E-state index contributed by atoms with van der Waals surface area (Å²) in [4.78, 5) is 8.67. The Morgan fingerprint density at radius 2 is 1.93 bits per heavy atom. The minimum Gasteiger partial charge on any atom is -0.355 e. The second-order valence-corrected chi connectivity index (χ2v) is 9.17. The quantitative estimate of drug-likeness (QED) is 0.435. The number of hydrogen-bond acceptors (Lipinski definition) is 5. The lowest BCUT2D eigenvalue weighted by Gasteiger charge is -2.11. The van der Waals surface area contributed by atoms with E-state index in [2.05, 4.69) is 44.6 Å². The first-order valence-corrected chi connectivity index (χ1v) is 11.3. The molecule has 1 aromatic carbocycles. The summed E-state index contributed by atoms with van der Waals surface area (Å²) in [5.74, 6) is 0.922. The van der Waals surface area contributed by atoms with Crippen molar-refractivity contribution in [1.82, 2.24) is 20.3 Å². The summed E-state index contributed by atoms with van der Waals surface area (Å²) >= 11 is 1.60. The van der Waals surface area contributed by atoms with E-state index in [4.69, 9.17) is 0 Å². The van der Waals surface area contributed by atoms with Crippen LogP contribution in [0.25, 0.3) is 0 Å². The highest BCUT2D eigenvalue weighted by molar-refractivity contribution is 7.89. The Morgan fingerprint density at radius 3 is 2.56 bits per heavy atom. The maximum Gasteiger partial charge on any atom is 0.213 e. The molecule has 27 heavy (non-hydrogen) atoms. The van der Waals surface area contributed by atoms with Crippen molar-refractivity contribution in [1.29, 1.82) is 0 Å². The van der Waals surface area contributed by atoms with Crippen molar-refractivity contribution in [3.8, 4) is 0 Å². The van der Waals surface area contributed by atoms with Gasteiger partial charge in [0, 0.05) is 25.5 Å². The van der Waals surface area contributed by atoms with Crippen LogP contribution >= 0.6 is 11.3 Å². The van der Waals surface area contributed by atoms with Crippen LogP contribution in [0.15, 0.2) is 40.7 Å². The lowest BCUT2D eigenvalue weighted by atomic mass is 10.2. The molecule has 0 radical (unpaired) electrons. The van der Waals surface area contributed by atoms with Gasteiger partial charge in [-0.05, 0) is 11.5 Å². The molecule has 2 aromatic rings. The van der Waals surface area contributed by atoms with Gasteiger partial charge in [0.1, 0.15) is 5.01 Å². The van der Waals surface area contributed by atoms with Crippen molar-refractivity contribution in [3.63, 3.8) is 0 Å². The van der Waals surface area contributed by atoms with Crippen molar-refractivity contribution < 1.29 is 8.42 Å². The third-order valence-electron chi connectivity index (χ3n) is 3.79. The first-order chi connectivity index (χ1) is 12.9. The van der Waals surface area contributed by atoms with Crippen LogP contribution in [0, 0.1) is 0 Å². The van der Waals surface area contributed by atoms with E-state index in [1.807, 2.05) is 30.3 Å². The molecular formula is C18H27N5O2S2. The van der Waals surface area contributed by atoms with Gasteiger partial charge in [-0.3, -0.25) is 4.99 Å². The van der Waals surface area contributed by atoms with Crippen LogP contribution < -0.4 is 15.4 Å². The molecule has 0 spiro atoms. The molecule has 0 aliphatic carbocycles. The maximum absolute atomic E-state index is 12.1. The number of nitrogens with one attached hydrogen (secondary N) is 3. The largest absolute Gasteiger partial charge is 0.355 e. The summed E-state index contributed by atoms with van der Waals surface area (Å²) in [6.45, 7) is 5.32. The number of rotatable bonds is 9. The standard InChI is InChI=1S/C18H27N5O2S2/c1-14(2)16-13-26-17(23-16)12-21-18(19-3)20-9-10-27(24,25)22-11-15-7-5-4-6-8-15/h4-8,13-14,22H,9-12H2,1-3H3,(H2,19,20,21). The number of nitrogens with zero attached hydrogens (tertiary/aromatic N) is 2. The van der Waals surface area contributed by atoms with Gasteiger partial charge in [-0.15, -0.1) is 11.3 Å². The van der Waals surface area contributed by atoms with Gasteiger partial charge in [-0.1, -0.05) is 44.2 Å². The third kappa shape index (κ3) is 7.66. The van der Waals surface area contributed by atoms with Crippen LogP contribution in [0.4, 0.5) is 0 Å². The molecule has 148 valence electrons. The molecule has 0 aliphatic rings. The molecule has 0 saturated carbocycles. The number of sulfonamides is 1. The van der Waals surface area contributed by atoms with Crippen LogP contribution in [0.2, 0.25) is 0 Å². The summed E-state index contributed by atoms with van der Waals surface area (Å²) in [5, 5.41) is 9.20. The zero-order valence-electron chi connectivity index (χ0n) is 15.9. The summed E-state index contributed by atoms with van der Waals surface area (Å²) in [5.41, 5.74) is 2.01. The first kappa shape index (κ1) is 21.3. The smallest absolute Gasteiger partial charge is 0.213 e. The van der Waals surface area contributed by atoms with E-state index in [0.29, 0.717) is 25.0 Å². The molecule has 2 rings (SSSR count). The zero-order valence-corrected chi connectivity index (χ0v) is 17.5. The summed E-state index contributed by atoms with van der Waals surface area (Å²) in [6, 6.07) is 9.43. The lowest BCUT2D eigenvalue weighted by molar-refractivity contribution is 0.580. The van der Waals surface area contributed by atoms with E-state index in [1.54, 1.807) is 18.4 Å². The Labute approximate surface area is 165 Å². The number of hydrogen-bond donors (Lipinski definition) is 3. The normalized spacial score (nSPS) is 12.4. The van der Waals surface area contributed by atoms with E-state index in [-0.39, 0.29) is 12.3 Å². The minimum absolute atomic E-state index is 0.0325. The fraction of sp³-hybridized carbons (Fsp3) is 0.444. The predicted octanol–water partition coefficient (Wildman–Crippen LogP) is 2.05. The SMILES string of the molecule is CN=C(NCCS(=O)(=O)NCc1ccccc1)NCc1nc(C(C)C)cs1. The Hall–Kier alpha value is -1.97. The van der Waals surface area contributed by atoms with Gasteiger partial charge in [0.05, 0.1) is 18.0 Å². The minimum atomic E-state index is -3.36. The van der Waals surface area contributed by atoms with Gasteiger partial charge in [-0.25, -0.2) is 18.1 Å². The Bertz CT molecular complexity index is 832. The highest BCUT2D eigenvalue weighted by Crippen LogP contribution is 2.17. The molecule has 0 fully saturated rings. The van der Waals surface area contributed by atoms with E-state index in [1.165, 1.54) is 0 Å². The van der Waals surface area contributed by atoms with Gasteiger partial charge in [-0.2, -0.15) is 0 Å². The van der Waals surface area contributed by atoms with Crippen molar-refractivity contribution in [2.75, 3.05) is 19.3 Å².